The molecule has 1 aromatic rings. The lowest BCUT2D eigenvalue weighted by molar-refractivity contribution is 0.239. The summed E-state index contributed by atoms with van der Waals surface area (Å²) < 4.78 is 2.19. The highest BCUT2D eigenvalue weighted by Crippen LogP contribution is 2.31. The van der Waals surface area contributed by atoms with Crippen LogP contribution in [-0.4, -0.2) is 21.5 Å². The number of rotatable bonds is 3. The molecule has 1 aromatic heterocycles. The van der Waals surface area contributed by atoms with Crippen LogP contribution >= 0.6 is 0 Å². The molecule has 4 heteroatoms. The highest BCUT2D eigenvalue weighted by Gasteiger charge is 2.23. The first-order chi connectivity index (χ1) is 8.86. The van der Waals surface area contributed by atoms with Crippen LogP contribution in [0.25, 0.3) is 0 Å². The molecule has 0 saturated heterocycles. The number of fused-ring (bicyclic) bond motifs is 1. The molecule has 100 valence electrons. The quantitative estimate of drug-likeness (QED) is 0.891. The van der Waals surface area contributed by atoms with Crippen molar-refractivity contribution in [2.24, 2.45) is 11.8 Å². The van der Waals surface area contributed by atoms with Gasteiger partial charge in [-0.15, -0.1) is 5.10 Å². The molecule has 0 spiro atoms. The second-order valence-corrected chi connectivity index (χ2v) is 5.89. The van der Waals surface area contributed by atoms with Crippen LogP contribution in [0.2, 0.25) is 0 Å². The Labute approximate surface area is 109 Å². The van der Waals surface area contributed by atoms with E-state index in [-0.39, 0.29) is 0 Å². The Morgan fingerprint density at radius 1 is 1.22 bits per heavy atom. The lowest BCUT2D eigenvalue weighted by atomic mass is 9.81. The van der Waals surface area contributed by atoms with Crippen LogP contribution < -0.4 is 5.32 Å². The predicted octanol–water partition coefficient (Wildman–Crippen LogP) is 2.14. The largest absolute Gasteiger partial charge is 0.311 e. The molecule has 3 rings (SSSR count). The molecule has 18 heavy (non-hydrogen) atoms. The molecule has 1 aliphatic heterocycles. The minimum absolute atomic E-state index is 0.827. The van der Waals surface area contributed by atoms with Gasteiger partial charge in [-0.25, -0.2) is 4.68 Å². The summed E-state index contributed by atoms with van der Waals surface area (Å²) in [6, 6.07) is 0. The fourth-order valence-corrected chi connectivity index (χ4v) is 3.41. The maximum absolute atomic E-state index is 4.36. The zero-order chi connectivity index (χ0) is 12.4. The van der Waals surface area contributed by atoms with Crippen molar-refractivity contribution in [1.29, 1.82) is 0 Å². The van der Waals surface area contributed by atoms with Crippen LogP contribution in [0.3, 0.4) is 0 Å². The monoisotopic (exact) mass is 248 g/mol. The molecular formula is C14H24N4. The van der Waals surface area contributed by atoms with Crippen molar-refractivity contribution in [2.45, 2.75) is 58.5 Å². The van der Waals surface area contributed by atoms with Crippen LogP contribution in [-0.2, 0) is 19.5 Å². The molecule has 2 aliphatic rings. The average Bonchev–Trinajstić information content (AvgIpc) is 2.83. The summed E-state index contributed by atoms with van der Waals surface area (Å²) in [5.41, 5.74) is 2.55. The number of hydrogen-bond acceptors (Lipinski definition) is 3. The second kappa shape index (κ2) is 5.39. The third-order valence-electron chi connectivity index (χ3n) is 4.72. The van der Waals surface area contributed by atoms with Gasteiger partial charge in [0, 0.05) is 26.1 Å². The lowest BCUT2D eigenvalue weighted by Crippen LogP contribution is -2.26. The highest BCUT2D eigenvalue weighted by atomic mass is 15.4. The molecule has 1 saturated carbocycles. The summed E-state index contributed by atoms with van der Waals surface area (Å²) in [4.78, 5) is 0. The third kappa shape index (κ3) is 2.44. The third-order valence-corrected chi connectivity index (χ3v) is 4.72. The van der Waals surface area contributed by atoms with Crippen molar-refractivity contribution in [1.82, 2.24) is 20.3 Å². The first kappa shape index (κ1) is 12.2. The molecule has 0 radical (unpaired) electrons. The standard InChI is InChI=1S/C14H24N4/c1-2-11-3-5-12(6-4-11)10-18-14-7-8-15-9-13(14)16-17-18/h11-12,15H,2-10H2,1H3. The van der Waals surface area contributed by atoms with Gasteiger partial charge in [0.1, 0.15) is 0 Å². The van der Waals surface area contributed by atoms with E-state index in [1.165, 1.54) is 43.5 Å². The SMILES string of the molecule is CCC1CCC(Cn2nnc3c2CCNC3)CC1. The number of aromatic nitrogens is 3. The Morgan fingerprint density at radius 3 is 2.78 bits per heavy atom. The number of nitrogens with zero attached hydrogens (tertiary/aromatic N) is 3. The van der Waals surface area contributed by atoms with E-state index in [0.29, 0.717) is 0 Å². The molecule has 0 aromatic carbocycles. The van der Waals surface area contributed by atoms with Crippen LogP contribution in [0, 0.1) is 11.8 Å². The Bertz CT molecular complexity index is 390. The Kier molecular flexibility index (Phi) is 3.64. The fourth-order valence-electron chi connectivity index (χ4n) is 3.41. The molecular weight excluding hydrogens is 224 g/mol. The van der Waals surface area contributed by atoms with E-state index in [1.807, 2.05) is 0 Å². The van der Waals surface area contributed by atoms with E-state index in [4.69, 9.17) is 0 Å². The molecule has 1 fully saturated rings. The van der Waals surface area contributed by atoms with Crippen molar-refractivity contribution in [3.8, 4) is 0 Å². The minimum Gasteiger partial charge on any atom is -0.311 e. The van der Waals surface area contributed by atoms with Crippen molar-refractivity contribution < 1.29 is 0 Å². The van der Waals surface area contributed by atoms with Gasteiger partial charge >= 0.3 is 0 Å². The van der Waals surface area contributed by atoms with Gasteiger partial charge in [0.15, 0.2) is 0 Å². The summed E-state index contributed by atoms with van der Waals surface area (Å²) in [5.74, 6) is 1.81. The maximum Gasteiger partial charge on any atom is 0.0997 e. The van der Waals surface area contributed by atoms with E-state index in [0.717, 1.165) is 37.9 Å². The predicted molar refractivity (Wildman–Crippen MR) is 71.2 cm³/mol. The lowest BCUT2D eigenvalue weighted by Gasteiger charge is -2.28. The van der Waals surface area contributed by atoms with E-state index >= 15 is 0 Å². The molecule has 1 aliphatic carbocycles. The van der Waals surface area contributed by atoms with E-state index in [1.54, 1.807) is 0 Å². The average molecular weight is 248 g/mol. The van der Waals surface area contributed by atoms with E-state index in [9.17, 15) is 0 Å². The van der Waals surface area contributed by atoms with Gasteiger partial charge < -0.3 is 5.32 Å². The molecule has 1 N–H and O–H groups in total. The molecule has 0 amide bonds. The highest BCUT2D eigenvalue weighted by molar-refractivity contribution is 5.13. The van der Waals surface area contributed by atoms with E-state index in [2.05, 4.69) is 27.2 Å². The van der Waals surface area contributed by atoms with Crippen molar-refractivity contribution in [2.75, 3.05) is 6.54 Å². The first-order valence-electron chi connectivity index (χ1n) is 7.48. The fraction of sp³-hybridized carbons (Fsp3) is 0.857. The van der Waals surface area contributed by atoms with Crippen LogP contribution in [0.5, 0.6) is 0 Å². The zero-order valence-electron chi connectivity index (χ0n) is 11.4. The molecule has 0 atom stereocenters. The molecule has 2 heterocycles. The normalized spacial score (nSPS) is 28.1. The van der Waals surface area contributed by atoms with Crippen molar-refractivity contribution >= 4 is 0 Å². The van der Waals surface area contributed by atoms with E-state index < -0.39 is 0 Å². The van der Waals surface area contributed by atoms with Gasteiger partial charge in [-0.2, -0.15) is 0 Å². The van der Waals surface area contributed by atoms with Gasteiger partial charge in [0.2, 0.25) is 0 Å². The Hall–Kier alpha value is -0.900. The van der Waals surface area contributed by atoms with Gasteiger partial charge in [0.25, 0.3) is 0 Å². The molecule has 0 unspecified atom stereocenters. The van der Waals surface area contributed by atoms with Crippen LogP contribution in [0.4, 0.5) is 0 Å². The van der Waals surface area contributed by atoms with Gasteiger partial charge in [-0.1, -0.05) is 31.4 Å². The summed E-state index contributed by atoms with van der Waals surface area (Å²) in [6.07, 6.45) is 8.04. The second-order valence-electron chi connectivity index (χ2n) is 5.89. The molecule has 0 bridgehead atoms. The van der Waals surface area contributed by atoms with Crippen molar-refractivity contribution in [3.63, 3.8) is 0 Å². The van der Waals surface area contributed by atoms with Crippen molar-refractivity contribution in [3.05, 3.63) is 11.4 Å². The topological polar surface area (TPSA) is 42.7 Å². The smallest absolute Gasteiger partial charge is 0.0997 e. The summed E-state index contributed by atoms with van der Waals surface area (Å²) >= 11 is 0. The Balaban J connectivity index is 1.61. The summed E-state index contributed by atoms with van der Waals surface area (Å²) in [5, 5.41) is 12.0. The summed E-state index contributed by atoms with van der Waals surface area (Å²) in [7, 11) is 0. The Morgan fingerprint density at radius 2 is 2.00 bits per heavy atom. The van der Waals surface area contributed by atoms with Crippen LogP contribution in [0.1, 0.15) is 50.4 Å². The zero-order valence-corrected chi connectivity index (χ0v) is 11.4. The summed E-state index contributed by atoms with van der Waals surface area (Å²) in [6.45, 7) is 5.39. The number of nitrogens with one attached hydrogen (secondary N) is 1. The minimum atomic E-state index is 0.827. The number of hydrogen-bond donors (Lipinski definition) is 1. The maximum atomic E-state index is 4.36. The first-order valence-corrected chi connectivity index (χ1v) is 7.48. The van der Waals surface area contributed by atoms with Gasteiger partial charge in [-0.05, 0) is 24.7 Å². The van der Waals surface area contributed by atoms with Gasteiger partial charge in [0.05, 0.1) is 11.4 Å². The van der Waals surface area contributed by atoms with Gasteiger partial charge in [-0.3, -0.25) is 0 Å². The molecule has 4 nitrogen and oxygen atoms in total. The van der Waals surface area contributed by atoms with Crippen LogP contribution in [0.15, 0.2) is 0 Å².